The molecule has 0 saturated carbocycles. The monoisotopic (exact) mass is 237 g/mol. The molecule has 0 atom stereocenters. The molecule has 0 spiro atoms. The van der Waals surface area contributed by atoms with E-state index in [2.05, 4.69) is 34.4 Å². The van der Waals surface area contributed by atoms with Crippen LogP contribution in [0.25, 0.3) is 0 Å². The second-order valence-electron chi connectivity index (χ2n) is 1.46. The minimum Gasteiger partial charge on any atom is -0.359 e. The van der Waals surface area contributed by atoms with Crippen LogP contribution in [-0.2, 0) is 4.79 Å². The number of rotatable bonds is 2. The van der Waals surface area contributed by atoms with Gasteiger partial charge in [0, 0.05) is 10.8 Å². The molecule has 0 heterocycles. The van der Waals surface area contributed by atoms with E-state index in [9.17, 15) is 4.79 Å². The van der Waals surface area contributed by atoms with Gasteiger partial charge in [-0.1, -0.05) is 28.5 Å². The molecule has 0 fully saturated rings. The highest BCUT2D eigenvalue weighted by atomic mass is 127. The van der Waals surface area contributed by atoms with Crippen molar-refractivity contribution in [3.8, 4) is 11.8 Å². The van der Waals surface area contributed by atoms with E-state index < -0.39 is 5.91 Å². The Morgan fingerprint density at radius 2 is 2.33 bits per heavy atom. The fraction of sp³-hybridized carbons (Fsp3) is 0.500. The summed E-state index contributed by atoms with van der Waals surface area (Å²) in [5, 5.41) is 0. The second kappa shape index (κ2) is 5.89. The van der Waals surface area contributed by atoms with Gasteiger partial charge in [-0.05, 0) is 12.3 Å². The summed E-state index contributed by atoms with van der Waals surface area (Å²) >= 11 is 2.26. The molecular weight excluding hydrogens is 229 g/mol. The van der Waals surface area contributed by atoms with E-state index in [1.54, 1.807) is 0 Å². The van der Waals surface area contributed by atoms with Crippen molar-refractivity contribution in [1.82, 2.24) is 0 Å². The van der Waals surface area contributed by atoms with Gasteiger partial charge in [0.2, 0.25) is 0 Å². The highest BCUT2D eigenvalue weighted by Gasteiger charge is 1.79. The summed E-state index contributed by atoms with van der Waals surface area (Å²) in [6.07, 6.45) is 1.80. The summed E-state index contributed by atoms with van der Waals surface area (Å²) in [5.41, 5.74) is 4.76. The number of nitrogens with two attached hydrogens (primary N) is 1. The van der Waals surface area contributed by atoms with Crippen LogP contribution in [0.2, 0.25) is 0 Å². The highest BCUT2D eigenvalue weighted by Crippen LogP contribution is 1.91. The van der Waals surface area contributed by atoms with E-state index >= 15 is 0 Å². The Hall–Kier alpha value is -0.240. The lowest BCUT2D eigenvalue weighted by atomic mass is 10.3. The molecule has 2 N–H and O–H groups in total. The molecule has 0 rings (SSSR count). The number of carbonyl (C=O) groups is 1. The predicted octanol–water partition coefficient (Wildman–Crippen LogP) is 0.690. The maximum Gasteiger partial charge on any atom is 0.293 e. The molecule has 9 heavy (non-hydrogen) atoms. The molecule has 0 aliphatic heterocycles. The van der Waals surface area contributed by atoms with Gasteiger partial charge in [-0.3, -0.25) is 4.79 Å². The van der Waals surface area contributed by atoms with Gasteiger partial charge in [0.15, 0.2) is 0 Å². The van der Waals surface area contributed by atoms with Crippen LogP contribution in [-0.4, -0.2) is 10.3 Å². The second-order valence-corrected chi connectivity index (χ2v) is 2.54. The van der Waals surface area contributed by atoms with E-state index in [1.807, 2.05) is 0 Å². The summed E-state index contributed by atoms with van der Waals surface area (Å²) in [7, 11) is 0. The van der Waals surface area contributed by atoms with Gasteiger partial charge in [-0.25, -0.2) is 0 Å². The van der Waals surface area contributed by atoms with Crippen LogP contribution < -0.4 is 5.73 Å². The summed E-state index contributed by atoms with van der Waals surface area (Å²) in [6, 6.07) is 0. The molecule has 0 aliphatic carbocycles. The lowest BCUT2D eigenvalue weighted by Gasteiger charge is -1.80. The van der Waals surface area contributed by atoms with Gasteiger partial charge in [0.1, 0.15) is 0 Å². The smallest absolute Gasteiger partial charge is 0.293 e. The Labute approximate surface area is 68.3 Å². The first-order valence-electron chi connectivity index (χ1n) is 2.61. The SMILES string of the molecule is NC(=O)C#CCCCI. The van der Waals surface area contributed by atoms with Gasteiger partial charge < -0.3 is 5.73 Å². The third-order valence-corrected chi connectivity index (χ3v) is 1.41. The first-order valence-corrected chi connectivity index (χ1v) is 4.14. The fourth-order valence-corrected chi connectivity index (χ4v) is 0.686. The number of alkyl halides is 1. The normalized spacial score (nSPS) is 7.67. The number of unbranched alkanes of at least 4 members (excludes halogenated alkanes) is 1. The number of carbonyl (C=O) groups excluding carboxylic acids is 1. The summed E-state index contributed by atoms with van der Waals surface area (Å²) < 4.78 is 1.07. The van der Waals surface area contributed by atoms with Crippen molar-refractivity contribution in [3.63, 3.8) is 0 Å². The zero-order chi connectivity index (χ0) is 7.11. The topological polar surface area (TPSA) is 43.1 Å². The van der Waals surface area contributed by atoms with E-state index in [-0.39, 0.29) is 0 Å². The van der Waals surface area contributed by atoms with Gasteiger partial charge >= 0.3 is 0 Å². The van der Waals surface area contributed by atoms with Crippen molar-refractivity contribution in [2.45, 2.75) is 12.8 Å². The van der Waals surface area contributed by atoms with Crippen molar-refractivity contribution in [2.24, 2.45) is 5.73 Å². The van der Waals surface area contributed by atoms with Gasteiger partial charge in [0.25, 0.3) is 5.91 Å². The molecule has 0 bridgehead atoms. The van der Waals surface area contributed by atoms with E-state index in [0.29, 0.717) is 0 Å². The first kappa shape index (κ1) is 8.76. The largest absolute Gasteiger partial charge is 0.359 e. The van der Waals surface area contributed by atoms with Crippen molar-refractivity contribution < 1.29 is 4.79 Å². The molecular formula is C6H8INO. The van der Waals surface area contributed by atoms with Crippen LogP contribution in [0.15, 0.2) is 0 Å². The van der Waals surface area contributed by atoms with Crippen LogP contribution >= 0.6 is 22.6 Å². The molecule has 0 radical (unpaired) electrons. The number of hydrogen-bond acceptors (Lipinski definition) is 1. The lowest BCUT2D eigenvalue weighted by Crippen LogP contribution is -2.05. The summed E-state index contributed by atoms with van der Waals surface area (Å²) in [6.45, 7) is 0. The van der Waals surface area contributed by atoms with Crippen LogP contribution in [0.5, 0.6) is 0 Å². The molecule has 1 amide bonds. The molecule has 0 aromatic heterocycles. The van der Waals surface area contributed by atoms with Crippen molar-refractivity contribution >= 4 is 28.5 Å². The van der Waals surface area contributed by atoms with Crippen LogP contribution in [0.3, 0.4) is 0 Å². The zero-order valence-corrected chi connectivity index (χ0v) is 7.14. The van der Waals surface area contributed by atoms with Crippen molar-refractivity contribution in [2.75, 3.05) is 4.43 Å². The minimum atomic E-state index is -0.538. The first-order chi connectivity index (χ1) is 4.27. The molecule has 0 aromatic carbocycles. The molecule has 0 aliphatic rings. The van der Waals surface area contributed by atoms with Gasteiger partial charge in [0.05, 0.1) is 0 Å². The van der Waals surface area contributed by atoms with Crippen LogP contribution in [0.4, 0.5) is 0 Å². The molecule has 0 unspecified atom stereocenters. The van der Waals surface area contributed by atoms with Crippen LogP contribution in [0.1, 0.15) is 12.8 Å². The Morgan fingerprint density at radius 3 is 2.78 bits per heavy atom. The van der Waals surface area contributed by atoms with E-state index in [4.69, 9.17) is 5.73 Å². The zero-order valence-electron chi connectivity index (χ0n) is 4.98. The summed E-state index contributed by atoms with van der Waals surface area (Å²) in [5.74, 6) is 4.38. The molecule has 3 heteroatoms. The summed E-state index contributed by atoms with van der Waals surface area (Å²) in [4.78, 5) is 10.0. The number of amides is 1. The molecule has 50 valence electrons. The Balaban J connectivity index is 3.27. The fourth-order valence-electron chi connectivity index (χ4n) is 0.305. The Bertz CT molecular complexity index is 145. The number of hydrogen-bond donors (Lipinski definition) is 1. The van der Waals surface area contributed by atoms with Crippen LogP contribution in [0, 0.1) is 11.8 Å². The third-order valence-electron chi connectivity index (χ3n) is 0.647. The van der Waals surface area contributed by atoms with E-state index in [1.165, 1.54) is 0 Å². The average Bonchev–Trinajstić information content (AvgIpc) is 1.80. The lowest BCUT2D eigenvalue weighted by molar-refractivity contribution is -0.112. The maximum atomic E-state index is 10.0. The number of primary amides is 1. The number of halogens is 1. The van der Waals surface area contributed by atoms with Gasteiger partial charge in [-0.2, -0.15) is 0 Å². The molecule has 0 aromatic rings. The predicted molar refractivity (Wildman–Crippen MR) is 45.1 cm³/mol. The Kier molecular flexibility index (Phi) is 5.73. The highest BCUT2D eigenvalue weighted by molar-refractivity contribution is 14.1. The Morgan fingerprint density at radius 1 is 1.67 bits per heavy atom. The van der Waals surface area contributed by atoms with E-state index in [0.717, 1.165) is 17.3 Å². The minimum absolute atomic E-state index is 0.538. The quantitative estimate of drug-likeness (QED) is 0.326. The average molecular weight is 237 g/mol. The standard InChI is InChI=1S/C6H8INO/c7-5-3-1-2-4-6(8)9/h1,3,5H2,(H2,8,9). The molecule has 0 saturated heterocycles. The molecule has 2 nitrogen and oxygen atoms in total. The third kappa shape index (κ3) is 7.76. The van der Waals surface area contributed by atoms with Gasteiger partial charge in [-0.15, -0.1) is 0 Å². The van der Waals surface area contributed by atoms with Crippen molar-refractivity contribution in [3.05, 3.63) is 0 Å². The maximum absolute atomic E-state index is 10.0. The van der Waals surface area contributed by atoms with Crippen molar-refractivity contribution in [1.29, 1.82) is 0 Å².